The maximum absolute atomic E-state index is 13.2. The molecular formula is C23H39N9O8S. The number of likely N-dealkylation sites (N-methyl/N-ethyl adjacent to an activating group) is 1. The number of carbonyl (C=O) groups is 7. The van der Waals surface area contributed by atoms with E-state index in [2.05, 4.69) is 44.2 Å². The van der Waals surface area contributed by atoms with Gasteiger partial charge in [-0.25, -0.2) is 4.79 Å². The number of hydrogen-bond acceptors (Lipinski definition) is 9. The summed E-state index contributed by atoms with van der Waals surface area (Å²) in [6, 6.07) is -5.00. The average Bonchev–Trinajstić information content (AvgIpc) is 2.89. The molecule has 1 heterocycles. The summed E-state index contributed by atoms with van der Waals surface area (Å²) in [6.45, 7) is 2.36. The van der Waals surface area contributed by atoms with Crippen molar-refractivity contribution in [2.75, 3.05) is 32.4 Å². The standard InChI is InChI=1S/C23H39N9O8S/c1-11(2)18-21(38)31-12(5-4-6-26-23(24)25)19(36)27-8-16(34)29-13(20(37)28-9-17(35)32(18)3)7-15(33)30-14(10-41)22(39)40/h11-14,18,41H,4-10H2,1-3H3,(H,27,36)(H,28,37)(H,29,34)(H,30,33)(H,31,38)(H,39,40)(H4,24,25,26)/t12-,13-,14+,18?/m0/s1. The van der Waals surface area contributed by atoms with Gasteiger partial charge in [0.1, 0.15) is 24.2 Å². The third-order valence-corrected chi connectivity index (χ3v) is 6.35. The van der Waals surface area contributed by atoms with Gasteiger partial charge in [0.25, 0.3) is 0 Å². The van der Waals surface area contributed by atoms with Crippen LogP contribution in [0.1, 0.15) is 33.1 Å². The average molecular weight is 602 g/mol. The molecule has 230 valence electrons. The zero-order chi connectivity index (χ0) is 31.3. The molecule has 0 radical (unpaired) electrons. The Labute approximate surface area is 242 Å². The van der Waals surface area contributed by atoms with Crippen molar-refractivity contribution in [3.05, 3.63) is 0 Å². The molecule has 18 heteroatoms. The summed E-state index contributed by atoms with van der Waals surface area (Å²) in [4.78, 5) is 93.1. The Hall–Kier alpha value is -4.09. The summed E-state index contributed by atoms with van der Waals surface area (Å²) in [6.07, 6.45) is -0.283. The van der Waals surface area contributed by atoms with Gasteiger partial charge >= 0.3 is 5.97 Å². The molecule has 0 aliphatic carbocycles. The summed E-state index contributed by atoms with van der Waals surface area (Å²) < 4.78 is 0. The van der Waals surface area contributed by atoms with Crippen molar-refractivity contribution in [1.82, 2.24) is 31.5 Å². The lowest BCUT2D eigenvalue weighted by Gasteiger charge is -2.31. The van der Waals surface area contributed by atoms with Crippen molar-refractivity contribution in [3.8, 4) is 0 Å². The second kappa shape index (κ2) is 16.9. The van der Waals surface area contributed by atoms with Crippen molar-refractivity contribution in [3.63, 3.8) is 0 Å². The highest BCUT2D eigenvalue weighted by molar-refractivity contribution is 7.80. The number of rotatable bonds is 10. The second-order valence-electron chi connectivity index (χ2n) is 9.60. The minimum Gasteiger partial charge on any atom is -0.480 e. The molecule has 1 fully saturated rings. The Morgan fingerprint density at radius 2 is 1.66 bits per heavy atom. The lowest BCUT2D eigenvalue weighted by atomic mass is 10.0. The zero-order valence-electron chi connectivity index (χ0n) is 23.1. The zero-order valence-corrected chi connectivity index (χ0v) is 24.0. The van der Waals surface area contributed by atoms with Gasteiger partial charge in [-0.3, -0.25) is 33.8 Å². The molecule has 0 saturated carbocycles. The van der Waals surface area contributed by atoms with Crippen molar-refractivity contribution < 1.29 is 38.7 Å². The number of nitrogens with zero attached hydrogens (tertiary/aromatic N) is 2. The molecule has 41 heavy (non-hydrogen) atoms. The van der Waals surface area contributed by atoms with Gasteiger partial charge in [-0.1, -0.05) is 13.8 Å². The monoisotopic (exact) mass is 601 g/mol. The van der Waals surface area contributed by atoms with Crippen LogP contribution in [0.5, 0.6) is 0 Å². The number of carboxylic acids is 1. The fourth-order valence-corrected chi connectivity index (χ4v) is 4.14. The van der Waals surface area contributed by atoms with Gasteiger partial charge in [-0.15, -0.1) is 0 Å². The van der Waals surface area contributed by atoms with E-state index in [0.29, 0.717) is 6.42 Å². The topological polar surface area (TPSA) is 268 Å². The van der Waals surface area contributed by atoms with Crippen LogP contribution in [0, 0.1) is 5.92 Å². The third-order valence-electron chi connectivity index (χ3n) is 5.98. The summed E-state index contributed by atoms with van der Waals surface area (Å²) in [5.41, 5.74) is 10.6. The van der Waals surface area contributed by atoms with Crippen LogP contribution >= 0.6 is 12.6 Å². The molecule has 1 saturated heterocycles. The van der Waals surface area contributed by atoms with E-state index in [4.69, 9.17) is 16.6 Å². The van der Waals surface area contributed by atoms with E-state index in [-0.39, 0.29) is 24.7 Å². The summed E-state index contributed by atoms with van der Waals surface area (Å²) in [7, 11) is 1.36. The number of hydrogen-bond donors (Lipinski definition) is 9. The minimum atomic E-state index is -1.52. The fraction of sp³-hybridized carbons (Fsp3) is 0.652. The molecule has 10 N–H and O–H groups in total. The molecule has 1 aliphatic rings. The Balaban J connectivity index is 3.25. The highest BCUT2D eigenvalue weighted by atomic mass is 32.1. The van der Waals surface area contributed by atoms with E-state index in [1.807, 2.05) is 0 Å². The Morgan fingerprint density at radius 3 is 2.22 bits per heavy atom. The molecule has 1 unspecified atom stereocenters. The normalized spacial score (nSPS) is 21.8. The number of carbonyl (C=O) groups excluding carboxylic acids is 6. The van der Waals surface area contributed by atoms with Crippen molar-refractivity contribution >= 4 is 60.0 Å². The molecule has 0 aromatic heterocycles. The van der Waals surface area contributed by atoms with Crippen molar-refractivity contribution in [2.45, 2.75) is 57.3 Å². The number of amides is 6. The number of thiol groups is 1. The van der Waals surface area contributed by atoms with Crippen molar-refractivity contribution in [1.29, 1.82) is 0 Å². The van der Waals surface area contributed by atoms with Crippen molar-refractivity contribution in [2.24, 2.45) is 22.4 Å². The summed E-state index contributed by atoms with van der Waals surface area (Å²) in [5.74, 6) is -6.79. The number of nitrogens with two attached hydrogens (primary N) is 2. The fourth-order valence-electron chi connectivity index (χ4n) is 3.89. The van der Waals surface area contributed by atoms with Crippen LogP contribution in [-0.4, -0.2) is 114 Å². The molecule has 1 rings (SSSR count). The number of aliphatic imine (C=N–C) groups is 1. The van der Waals surface area contributed by atoms with Gasteiger partial charge in [-0.05, 0) is 18.8 Å². The van der Waals surface area contributed by atoms with E-state index < -0.39 is 91.0 Å². The molecule has 1 aliphatic heterocycles. The Kier molecular flexibility index (Phi) is 14.4. The minimum absolute atomic E-state index is 0.0944. The summed E-state index contributed by atoms with van der Waals surface area (Å²) in [5, 5.41) is 20.9. The van der Waals surface area contributed by atoms with Crippen LogP contribution in [0.25, 0.3) is 0 Å². The second-order valence-corrected chi connectivity index (χ2v) is 9.97. The van der Waals surface area contributed by atoms with Gasteiger partial charge in [0.05, 0.1) is 19.5 Å². The van der Waals surface area contributed by atoms with E-state index in [1.165, 1.54) is 7.05 Å². The maximum atomic E-state index is 13.2. The van der Waals surface area contributed by atoms with E-state index in [0.717, 1.165) is 4.90 Å². The number of aliphatic carboxylic acids is 1. The highest BCUT2D eigenvalue weighted by Crippen LogP contribution is 2.12. The van der Waals surface area contributed by atoms with E-state index in [9.17, 15) is 33.6 Å². The largest absolute Gasteiger partial charge is 0.480 e. The van der Waals surface area contributed by atoms with Gasteiger partial charge in [0.2, 0.25) is 35.4 Å². The van der Waals surface area contributed by atoms with E-state index >= 15 is 0 Å². The predicted molar refractivity (Wildman–Crippen MR) is 149 cm³/mol. The molecule has 0 aromatic rings. The van der Waals surface area contributed by atoms with Crippen LogP contribution in [0.2, 0.25) is 0 Å². The smallest absolute Gasteiger partial charge is 0.327 e. The molecule has 6 amide bonds. The first-order valence-electron chi connectivity index (χ1n) is 12.8. The Bertz CT molecular complexity index is 1030. The van der Waals surface area contributed by atoms with Crippen LogP contribution < -0.4 is 38.1 Å². The van der Waals surface area contributed by atoms with Gasteiger partial charge in [0.15, 0.2) is 5.96 Å². The number of guanidine groups is 1. The Morgan fingerprint density at radius 1 is 1.05 bits per heavy atom. The van der Waals surface area contributed by atoms with Gasteiger partial charge in [0, 0.05) is 19.3 Å². The van der Waals surface area contributed by atoms with Crippen LogP contribution in [0.15, 0.2) is 4.99 Å². The number of nitrogens with one attached hydrogen (secondary N) is 5. The quantitative estimate of drug-likeness (QED) is 0.0502. The maximum Gasteiger partial charge on any atom is 0.327 e. The van der Waals surface area contributed by atoms with Gasteiger partial charge in [-0.2, -0.15) is 12.6 Å². The molecule has 17 nitrogen and oxygen atoms in total. The molecule has 4 atom stereocenters. The van der Waals surface area contributed by atoms with Crippen LogP contribution in [0.3, 0.4) is 0 Å². The number of carboxylic acid groups (broad SMARTS) is 1. The third kappa shape index (κ3) is 11.9. The van der Waals surface area contributed by atoms with Crippen LogP contribution in [0.4, 0.5) is 0 Å². The first kappa shape index (κ1) is 34.9. The van der Waals surface area contributed by atoms with Crippen LogP contribution in [-0.2, 0) is 33.6 Å². The summed E-state index contributed by atoms with van der Waals surface area (Å²) >= 11 is 3.86. The molecule has 0 bridgehead atoms. The first-order chi connectivity index (χ1) is 19.2. The molecule has 0 spiro atoms. The highest BCUT2D eigenvalue weighted by Gasteiger charge is 2.34. The SMILES string of the molecule is CC(C)C1C(=O)N[C@@H](CCCN=C(N)N)C(=O)NCC(=O)N[C@@H](CC(=O)N[C@H](CS)C(=O)O)C(=O)NCC(=O)N1C. The lowest BCUT2D eigenvalue weighted by Crippen LogP contribution is -2.57. The first-order valence-corrected chi connectivity index (χ1v) is 13.4. The predicted octanol–water partition coefficient (Wildman–Crippen LogP) is -4.37. The van der Waals surface area contributed by atoms with Gasteiger partial charge < -0.3 is 48.1 Å². The molecular weight excluding hydrogens is 562 g/mol. The lowest BCUT2D eigenvalue weighted by molar-refractivity contribution is -0.142. The van der Waals surface area contributed by atoms with E-state index in [1.54, 1.807) is 13.8 Å². The molecule has 0 aromatic carbocycles.